The molecule has 0 N–H and O–H groups in total. The minimum atomic E-state index is -0.0507. The van der Waals surface area contributed by atoms with Crippen molar-refractivity contribution in [1.82, 2.24) is 4.90 Å². The van der Waals surface area contributed by atoms with Crippen molar-refractivity contribution in [3.63, 3.8) is 0 Å². The van der Waals surface area contributed by atoms with Gasteiger partial charge >= 0.3 is 0 Å². The number of hydrogen-bond acceptors (Lipinski definition) is 4. The second kappa shape index (κ2) is 7.40. The zero-order valence-electron chi connectivity index (χ0n) is 11.9. The molecule has 1 aromatic carbocycles. The van der Waals surface area contributed by atoms with Crippen molar-refractivity contribution in [3.8, 4) is 11.5 Å². The molecule has 0 spiro atoms. The number of likely N-dealkylation sites (tertiary alicyclic amines) is 1. The molecular formula is C14H18N4O3. The van der Waals surface area contributed by atoms with Gasteiger partial charge in [-0.1, -0.05) is 5.11 Å². The van der Waals surface area contributed by atoms with Crippen LogP contribution in [0.1, 0.15) is 12.8 Å². The van der Waals surface area contributed by atoms with Gasteiger partial charge in [-0.2, -0.15) is 0 Å². The summed E-state index contributed by atoms with van der Waals surface area (Å²) in [5.74, 6) is 1.33. The molecule has 1 fully saturated rings. The lowest BCUT2D eigenvalue weighted by atomic mass is 10.1. The first-order valence-corrected chi connectivity index (χ1v) is 6.81. The summed E-state index contributed by atoms with van der Waals surface area (Å²) >= 11 is 0. The molecular weight excluding hydrogens is 272 g/mol. The fraction of sp³-hybridized carbons (Fsp3) is 0.500. The van der Waals surface area contributed by atoms with Gasteiger partial charge in [0.25, 0.3) is 5.91 Å². The van der Waals surface area contributed by atoms with Crippen LogP contribution in [0.3, 0.4) is 0 Å². The molecule has 7 heteroatoms. The first-order valence-electron chi connectivity index (χ1n) is 6.81. The lowest BCUT2D eigenvalue weighted by Gasteiger charge is -2.29. The first kappa shape index (κ1) is 15.0. The van der Waals surface area contributed by atoms with Crippen LogP contribution in [0.25, 0.3) is 10.4 Å². The van der Waals surface area contributed by atoms with Gasteiger partial charge in [0.2, 0.25) is 0 Å². The van der Waals surface area contributed by atoms with Gasteiger partial charge in [-0.25, -0.2) is 0 Å². The molecule has 1 saturated heterocycles. The van der Waals surface area contributed by atoms with Crippen LogP contribution in [0.15, 0.2) is 29.4 Å². The Morgan fingerprint density at radius 2 is 1.95 bits per heavy atom. The van der Waals surface area contributed by atoms with Crippen molar-refractivity contribution in [2.24, 2.45) is 5.11 Å². The van der Waals surface area contributed by atoms with Crippen LogP contribution < -0.4 is 9.47 Å². The maximum Gasteiger partial charge on any atom is 0.260 e. The average molecular weight is 290 g/mol. The van der Waals surface area contributed by atoms with Crippen LogP contribution in [-0.4, -0.2) is 43.7 Å². The molecule has 0 radical (unpaired) electrons. The van der Waals surface area contributed by atoms with Gasteiger partial charge in [-0.3, -0.25) is 4.79 Å². The van der Waals surface area contributed by atoms with E-state index in [9.17, 15) is 4.79 Å². The second-order valence-corrected chi connectivity index (χ2v) is 4.78. The van der Waals surface area contributed by atoms with Crippen LogP contribution in [0.4, 0.5) is 0 Å². The van der Waals surface area contributed by atoms with Crippen LogP contribution in [0, 0.1) is 0 Å². The molecule has 0 aromatic heterocycles. The molecule has 112 valence electrons. The monoisotopic (exact) mass is 290 g/mol. The number of methoxy groups -OCH3 is 1. The smallest absolute Gasteiger partial charge is 0.260 e. The van der Waals surface area contributed by atoms with E-state index in [0.717, 1.165) is 5.75 Å². The van der Waals surface area contributed by atoms with Crippen molar-refractivity contribution < 1.29 is 14.3 Å². The zero-order valence-corrected chi connectivity index (χ0v) is 11.9. The molecule has 1 amide bonds. The number of rotatable bonds is 5. The van der Waals surface area contributed by atoms with E-state index in [1.807, 2.05) is 0 Å². The number of carbonyl (C=O) groups is 1. The maximum atomic E-state index is 12.0. The molecule has 1 heterocycles. The summed E-state index contributed by atoms with van der Waals surface area (Å²) in [6, 6.07) is 7.10. The van der Waals surface area contributed by atoms with Gasteiger partial charge < -0.3 is 14.4 Å². The Kier molecular flexibility index (Phi) is 5.29. The largest absolute Gasteiger partial charge is 0.497 e. The molecule has 0 saturated carbocycles. The van der Waals surface area contributed by atoms with Crippen LogP contribution >= 0.6 is 0 Å². The molecule has 0 unspecified atom stereocenters. The van der Waals surface area contributed by atoms with Gasteiger partial charge in [-0.05, 0) is 42.6 Å². The fourth-order valence-corrected chi connectivity index (χ4v) is 2.21. The molecule has 1 aliphatic heterocycles. The molecule has 21 heavy (non-hydrogen) atoms. The SMILES string of the molecule is COc1ccc(OCC(=O)N2CCC(N=[N+]=[N-])CC2)cc1. The molecule has 0 atom stereocenters. The third kappa shape index (κ3) is 4.29. The van der Waals surface area contributed by atoms with Crippen molar-refractivity contribution >= 4 is 5.91 Å². The molecule has 7 nitrogen and oxygen atoms in total. The second-order valence-electron chi connectivity index (χ2n) is 4.78. The van der Waals surface area contributed by atoms with Crippen molar-refractivity contribution in [1.29, 1.82) is 0 Å². The number of carbonyl (C=O) groups excluding carboxylic acids is 1. The summed E-state index contributed by atoms with van der Waals surface area (Å²) in [6.07, 6.45) is 1.41. The summed E-state index contributed by atoms with van der Waals surface area (Å²) in [4.78, 5) is 16.6. The third-order valence-corrected chi connectivity index (χ3v) is 3.45. The average Bonchev–Trinajstić information content (AvgIpc) is 2.54. The Morgan fingerprint density at radius 1 is 1.33 bits per heavy atom. The number of piperidine rings is 1. The van der Waals surface area contributed by atoms with E-state index in [1.54, 1.807) is 36.3 Å². The summed E-state index contributed by atoms with van der Waals surface area (Å²) in [5, 5.41) is 3.69. The van der Waals surface area contributed by atoms with Crippen LogP contribution in [0.5, 0.6) is 11.5 Å². The van der Waals surface area contributed by atoms with Crippen LogP contribution in [-0.2, 0) is 4.79 Å². The normalized spacial score (nSPS) is 15.2. The van der Waals surface area contributed by atoms with E-state index in [1.165, 1.54) is 0 Å². The summed E-state index contributed by atoms with van der Waals surface area (Å²) < 4.78 is 10.5. The molecule has 2 rings (SSSR count). The predicted molar refractivity (Wildman–Crippen MR) is 77.2 cm³/mol. The van der Waals surface area contributed by atoms with Gasteiger partial charge in [0.15, 0.2) is 6.61 Å². The van der Waals surface area contributed by atoms with Gasteiger partial charge in [0.05, 0.1) is 7.11 Å². The lowest BCUT2D eigenvalue weighted by Crippen LogP contribution is -2.41. The standard InChI is InChI=1S/C14H18N4O3/c1-20-12-2-4-13(5-3-12)21-10-14(19)18-8-6-11(7-9-18)16-17-15/h2-5,11H,6-10H2,1H3. The molecule has 1 aliphatic rings. The van der Waals surface area contributed by atoms with Gasteiger partial charge in [-0.15, -0.1) is 0 Å². The highest BCUT2D eigenvalue weighted by molar-refractivity contribution is 5.77. The summed E-state index contributed by atoms with van der Waals surface area (Å²) in [5.41, 5.74) is 8.39. The number of azide groups is 1. The molecule has 0 aliphatic carbocycles. The highest BCUT2D eigenvalue weighted by Gasteiger charge is 2.22. The lowest BCUT2D eigenvalue weighted by molar-refractivity contribution is -0.134. The number of ether oxygens (including phenoxy) is 2. The number of nitrogens with zero attached hydrogens (tertiary/aromatic N) is 4. The van der Waals surface area contributed by atoms with E-state index in [2.05, 4.69) is 10.0 Å². The highest BCUT2D eigenvalue weighted by Crippen LogP contribution is 2.18. The Balaban J connectivity index is 1.78. The van der Waals surface area contributed by atoms with Crippen molar-refractivity contribution in [2.75, 3.05) is 26.8 Å². The Hall–Kier alpha value is -2.40. The topological polar surface area (TPSA) is 87.5 Å². The quantitative estimate of drug-likeness (QED) is 0.474. The highest BCUT2D eigenvalue weighted by atomic mass is 16.5. The van der Waals surface area contributed by atoms with E-state index in [-0.39, 0.29) is 18.6 Å². The van der Waals surface area contributed by atoms with E-state index in [0.29, 0.717) is 31.7 Å². The Labute approximate surface area is 123 Å². The van der Waals surface area contributed by atoms with Crippen molar-refractivity contribution in [3.05, 3.63) is 34.7 Å². The summed E-state index contributed by atoms with van der Waals surface area (Å²) in [7, 11) is 1.60. The maximum absolute atomic E-state index is 12.0. The number of benzene rings is 1. The number of amides is 1. The van der Waals surface area contributed by atoms with Crippen LogP contribution in [0.2, 0.25) is 0 Å². The molecule has 0 bridgehead atoms. The minimum absolute atomic E-state index is 0.00144. The van der Waals surface area contributed by atoms with Gasteiger partial charge in [0, 0.05) is 24.0 Å². The third-order valence-electron chi connectivity index (χ3n) is 3.45. The van der Waals surface area contributed by atoms with E-state index in [4.69, 9.17) is 15.0 Å². The van der Waals surface area contributed by atoms with E-state index >= 15 is 0 Å². The Bertz CT molecular complexity index is 518. The summed E-state index contributed by atoms with van der Waals surface area (Å²) in [6.45, 7) is 1.22. The predicted octanol–water partition coefficient (Wildman–Crippen LogP) is 2.38. The molecule has 1 aromatic rings. The Morgan fingerprint density at radius 3 is 2.52 bits per heavy atom. The number of hydrogen-bond donors (Lipinski definition) is 0. The minimum Gasteiger partial charge on any atom is -0.497 e. The van der Waals surface area contributed by atoms with E-state index < -0.39 is 0 Å². The zero-order chi connectivity index (χ0) is 15.1. The van der Waals surface area contributed by atoms with Gasteiger partial charge in [0.1, 0.15) is 11.5 Å². The fourth-order valence-electron chi connectivity index (χ4n) is 2.21. The van der Waals surface area contributed by atoms with Crippen molar-refractivity contribution in [2.45, 2.75) is 18.9 Å². The first-order chi connectivity index (χ1) is 10.2.